The summed E-state index contributed by atoms with van der Waals surface area (Å²) in [6.45, 7) is 0.823. The number of anilines is 1. The standard InChI is InChI=1S/C15H20N2O/c18-15(16-9-3-4-11-7-8-11)14-10-12-5-1-2-6-13(12)17-14/h1-2,5-6,11,14,17H,3-4,7-10H2,(H,16,18). The van der Waals surface area contributed by atoms with Crippen LogP contribution in [0.15, 0.2) is 24.3 Å². The molecule has 0 saturated heterocycles. The zero-order valence-corrected chi connectivity index (χ0v) is 10.6. The molecule has 2 N–H and O–H groups in total. The van der Waals surface area contributed by atoms with Crippen molar-refractivity contribution in [3.63, 3.8) is 0 Å². The van der Waals surface area contributed by atoms with Gasteiger partial charge in [0.2, 0.25) is 5.91 Å². The lowest BCUT2D eigenvalue weighted by atomic mass is 10.1. The fourth-order valence-electron chi connectivity index (χ4n) is 2.59. The van der Waals surface area contributed by atoms with Gasteiger partial charge < -0.3 is 10.6 Å². The van der Waals surface area contributed by atoms with E-state index in [-0.39, 0.29) is 11.9 Å². The van der Waals surface area contributed by atoms with E-state index in [1.54, 1.807) is 0 Å². The molecule has 0 aromatic heterocycles. The van der Waals surface area contributed by atoms with Crippen molar-refractivity contribution < 1.29 is 4.79 Å². The predicted octanol–water partition coefficient (Wildman–Crippen LogP) is 2.33. The summed E-state index contributed by atoms with van der Waals surface area (Å²) in [5, 5.41) is 6.33. The van der Waals surface area contributed by atoms with Crippen molar-refractivity contribution in [2.75, 3.05) is 11.9 Å². The highest BCUT2D eigenvalue weighted by Gasteiger charge is 2.26. The molecule has 96 valence electrons. The molecule has 3 rings (SSSR count). The van der Waals surface area contributed by atoms with Crippen LogP contribution < -0.4 is 10.6 Å². The van der Waals surface area contributed by atoms with Crippen LogP contribution in [-0.2, 0) is 11.2 Å². The Morgan fingerprint density at radius 1 is 1.33 bits per heavy atom. The molecule has 18 heavy (non-hydrogen) atoms. The van der Waals surface area contributed by atoms with Crippen LogP contribution in [-0.4, -0.2) is 18.5 Å². The number of carbonyl (C=O) groups excluding carboxylic acids is 1. The fourth-order valence-corrected chi connectivity index (χ4v) is 2.59. The molecular formula is C15H20N2O. The van der Waals surface area contributed by atoms with Crippen LogP contribution >= 0.6 is 0 Å². The number of hydrogen-bond acceptors (Lipinski definition) is 2. The molecule has 0 spiro atoms. The lowest BCUT2D eigenvalue weighted by Crippen LogP contribution is -2.38. The third kappa shape index (κ3) is 2.66. The van der Waals surface area contributed by atoms with E-state index < -0.39 is 0 Å². The molecule has 3 heteroatoms. The number of amides is 1. The van der Waals surface area contributed by atoms with E-state index >= 15 is 0 Å². The van der Waals surface area contributed by atoms with Gasteiger partial charge in [-0.25, -0.2) is 0 Å². The molecular weight excluding hydrogens is 224 g/mol. The van der Waals surface area contributed by atoms with Gasteiger partial charge in [0.05, 0.1) is 0 Å². The Morgan fingerprint density at radius 2 is 2.17 bits per heavy atom. The number of benzene rings is 1. The van der Waals surface area contributed by atoms with Gasteiger partial charge >= 0.3 is 0 Å². The molecule has 1 aliphatic heterocycles. The first kappa shape index (κ1) is 11.6. The summed E-state index contributed by atoms with van der Waals surface area (Å²) in [5.74, 6) is 1.10. The highest BCUT2D eigenvalue weighted by molar-refractivity contribution is 5.87. The maximum absolute atomic E-state index is 12.0. The van der Waals surface area contributed by atoms with E-state index in [0.29, 0.717) is 0 Å². The molecule has 1 atom stereocenters. The predicted molar refractivity (Wildman–Crippen MR) is 72.5 cm³/mol. The van der Waals surface area contributed by atoms with Crippen LogP contribution in [0, 0.1) is 5.92 Å². The van der Waals surface area contributed by atoms with Crippen LogP contribution in [0.3, 0.4) is 0 Å². The number of rotatable bonds is 5. The second-order valence-corrected chi connectivity index (χ2v) is 5.43. The monoisotopic (exact) mass is 244 g/mol. The van der Waals surface area contributed by atoms with Crippen molar-refractivity contribution in [2.24, 2.45) is 5.92 Å². The van der Waals surface area contributed by atoms with Crippen LogP contribution in [0.4, 0.5) is 5.69 Å². The molecule has 1 unspecified atom stereocenters. The number of para-hydroxylation sites is 1. The Bertz CT molecular complexity index is 415. The molecule has 2 aliphatic rings. The Kier molecular flexibility index (Phi) is 3.22. The molecule has 1 heterocycles. The summed E-state index contributed by atoms with van der Waals surface area (Å²) in [5.41, 5.74) is 2.35. The third-order valence-corrected chi connectivity index (χ3v) is 3.87. The minimum absolute atomic E-state index is 0.0803. The molecule has 0 radical (unpaired) electrons. The van der Waals surface area contributed by atoms with Crippen molar-refractivity contribution in [2.45, 2.75) is 38.1 Å². The summed E-state index contributed by atoms with van der Waals surface area (Å²) < 4.78 is 0. The van der Waals surface area contributed by atoms with Gasteiger partial charge in [-0.3, -0.25) is 4.79 Å². The first-order valence-electron chi connectivity index (χ1n) is 6.95. The zero-order valence-electron chi connectivity index (χ0n) is 10.6. The lowest BCUT2D eigenvalue weighted by molar-refractivity contribution is -0.121. The summed E-state index contributed by atoms with van der Waals surface area (Å²) in [6.07, 6.45) is 6.00. The van der Waals surface area contributed by atoms with E-state index in [0.717, 1.165) is 31.0 Å². The normalized spacial score (nSPS) is 21.2. The van der Waals surface area contributed by atoms with E-state index in [9.17, 15) is 4.79 Å². The molecule has 1 saturated carbocycles. The Hall–Kier alpha value is -1.51. The number of hydrogen-bond donors (Lipinski definition) is 2. The number of nitrogens with one attached hydrogen (secondary N) is 2. The van der Waals surface area contributed by atoms with Gasteiger partial charge in [-0.1, -0.05) is 31.0 Å². The third-order valence-electron chi connectivity index (χ3n) is 3.87. The van der Waals surface area contributed by atoms with Gasteiger partial charge in [0.1, 0.15) is 6.04 Å². The zero-order chi connectivity index (χ0) is 12.4. The highest BCUT2D eigenvalue weighted by atomic mass is 16.2. The molecule has 3 nitrogen and oxygen atoms in total. The minimum atomic E-state index is -0.0803. The van der Waals surface area contributed by atoms with Crippen LogP contribution in [0.25, 0.3) is 0 Å². The summed E-state index contributed by atoms with van der Waals surface area (Å²) in [4.78, 5) is 12.0. The number of fused-ring (bicyclic) bond motifs is 1. The van der Waals surface area contributed by atoms with E-state index in [1.807, 2.05) is 18.2 Å². The van der Waals surface area contributed by atoms with Gasteiger partial charge in [0.25, 0.3) is 0 Å². The van der Waals surface area contributed by atoms with Gasteiger partial charge in [-0.15, -0.1) is 0 Å². The minimum Gasteiger partial charge on any atom is -0.373 e. The second-order valence-electron chi connectivity index (χ2n) is 5.43. The van der Waals surface area contributed by atoms with Crippen molar-refractivity contribution >= 4 is 11.6 Å². The molecule has 1 fully saturated rings. The van der Waals surface area contributed by atoms with Gasteiger partial charge in [0, 0.05) is 18.7 Å². The van der Waals surface area contributed by atoms with E-state index in [2.05, 4.69) is 16.7 Å². The molecule has 1 aliphatic carbocycles. The van der Waals surface area contributed by atoms with Crippen molar-refractivity contribution in [1.82, 2.24) is 5.32 Å². The van der Waals surface area contributed by atoms with Crippen molar-refractivity contribution in [1.29, 1.82) is 0 Å². The smallest absolute Gasteiger partial charge is 0.242 e. The van der Waals surface area contributed by atoms with Gasteiger partial charge in [-0.05, 0) is 30.4 Å². The van der Waals surface area contributed by atoms with Gasteiger partial charge in [0.15, 0.2) is 0 Å². The summed E-state index contributed by atoms with van der Waals surface area (Å²) in [6, 6.07) is 8.07. The van der Waals surface area contributed by atoms with Crippen molar-refractivity contribution in [3.05, 3.63) is 29.8 Å². The lowest BCUT2D eigenvalue weighted by Gasteiger charge is -2.11. The maximum Gasteiger partial charge on any atom is 0.242 e. The Balaban J connectivity index is 1.43. The highest BCUT2D eigenvalue weighted by Crippen LogP contribution is 2.33. The average molecular weight is 244 g/mol. The van der Waals surface area contributed by atoms with E-state index in [4.69, 9.17) is 0 Å². The first-order chi connectivity index (χ1) is 8.83. The summed E-state index contributed by atoms with van der Waals surface area (Å²) >= 11 is 0. The SMILES string of the molecule is O=C(NCCCC1CC1)C1Cc2ccccc2N1. The maximum atomic E-state index is 12.0. The topological polar surface area (TPSA) is 41.1 Å². The van der Waals surface area contributed by atoms with Crippen LogP contribution in [0.2, 0.25) is 0 Å². The summed E-state index contributed by atoms with van der Waals surface area (Å²) in [7, 11) is 0. The Labute approximate surface area is 108 Å². The molecule has 1 aromatic rings. The van der Waals surface area contributed by atoms with Crippen molar-refractivity contribution in [3.8, 4) is 0 Å². The average Bonchev–Trinajstić information content (AvgIpc) is 3.10. The second kappa shape index (κ2) is 5.01. The van der Waals surface area contributed by atoms with Crippen LogP contribution in [0.5, 0.6) is 0 Å². The van der Waals surface area contributed by atoms with E-state index in [1.165, 1.54) is 24.8 Å². The Morgan fingerprint density at radius 3 is 2.94 bits per heavy atom. The molecule has 1 aromatic carbocycles. The number of carbonyl (C=O) groups is 1. The molecule has 0 bridgehead atoms. The fraction of sp³-hybridized carbons (Fsp3) is 0.533. The van der Waals surface area contributed by atoms with Gasteiger partial charge in [-0.2, -0.15) is 0 Å². The van der Waals surface area contributed by atoms with Crippen LogP contribution in [0.1, 0.15) is 31.2 Å². The quantitative estimate of drug-likeness (QED) is 0.781. The first-order valence-corrected chi connectivity index (χ1v) is 6.95. The molecule has 1 amide bonds. The largest absolute Gasteiger partial charge is 0.373 e.